The Morgan fingerprint density at radius 3 is 2.37 bits per heavy atom. The smallest absolute Gasteiger partial charge is 0.252 e. The van der Waals surface area contributed by atoms with Gasteiger partial charge >= 0.3 is 0 Å². The molecular weight excluding hydrogens is 338 g/mol. The van der Waals surface area contributed by atoms with Gasteiger partial charge in [-0.3, -0.25) is 9.59 Å². The maximum absolute atomic E-state index is 13.4. The SMILES string of the molecule is COc1cccc(C(=O)NC2(C(=O)c3cccc(C)c3)CCCCC2)c1C. The van der Waals surface area contributed by atoms with E-state index in [0.717, 1.165) is 30.4 Å². The lowest BCUT2D eigenvalue weighted by Crippen LogP contribution is -2.55. The van der Waals surface area contributed by atoms with Gasteiger partial charge in [0.05, 0.1) is 7.11 Å². The van der Waals surface area contributed by atoms with Crippen molar-refractivity contribution in [3.05, 3.63) is 64.7 Å². The van der Waals surface area contributed by atoms with Gasteiger partial charge in [-0.25, -0.2) is 0 Å². The van der Waals surface area contributed by atoms with Crippen LogP contribution in [0.15, 0.2) is 42.5 Å². The van der Waals surface area contributed by atoms with E-state index in [1.165, 1.54) is 0 Å². The van der Waals surface area contributed by atoms with Crippen LogP contribution in [0.25, 0.3) is 0 Å². The fourth-order valence-corrected chi connectivity index (χ4v) is 3.99. The Hall–Kier alpha value is -2.62. The fraction of sp³-hybridized carbons (Fsp3) is 0.391. The molecule has 1 fully saturated rings. The van der Waals surface area contributed by atoms with Gasteiger partial charge in [0.1, 0.15) is 11.3 Å². The van der Waals surface area contributed by atoms with Crippen molar-refractivity contribution in [2.45, 2.75) is 51.5 Å². The van der Waals surface area contributed by atoms with Gasteiger partial charge in [0.25, 0.3) is 5.91 Å². The van der Waals surface area contributed by atoms with Crippen molar-refractivity contribution in [2.24, 2.45) is 0 Å². The van der Waals surface area contributed by atoms with Crippen LogP contribution in [-0.4, -0.2) is 24.3 Å². The Labute approximate surface area is 160 Å². The summed E-state index contributed by atoms with van der Waals surface area (Å²) in [6.07, 6.45) is 4.32. The van der Waals surface area contributed by atoms with E-state index in [4.69, 9.17) is 4.74 Å². The summed E-state index contributed by atoms with van der Waals surface area (Å²) in [5, 5.41) is 3.11. The molecule has 0 aromatic heterocycles. The average molecular weight is 365 g/mol. The summed E-state index contributed by atoms with van der Waals surface area (Å²) in [5.41, 5.74) is 2.21. The van der Waals surface area contributed by atoms with E-state index in [1.54, 1.807) is 19.2 Å². The zero-order chi connectivity index (χ0) is 19.4. The third-order valence-corrected chi connectivity index (χ3v) is 5.52. The molecule has 2 aromatic rings. The summed E-state index contributed by atoms with van der Waals surface area (Å²) >= 11 is 0. The molecule has 0 radical (unpaired) electrons. The van der Waals surface area contributed by atoms with Crippen molar-refractivity contribution in [1.29, 1.82) is 0 Å². The van der Waals surface area contributed by atoms with Crippen molar-refractivity contribution in [3.63, 3.8) is 0 Å². The minimum Gasteiger partial charge on any atom is -0.496 e. The zero-order valence-corrected chi connectivity index (χ0v) is 16.3. The third-order valence-electron chi connectivity index (χ3n) is 5.52. The Morgan fingerprint density at radius 2 is 1.70 bits per heavy atom. The quantitative estimate of drug-likeness (QED) is 0.786. The van der Waals surface area contributed by atoms with E-state index >= 15 is 0 Å². The lowest BCUT2D eigenvalue weighted by atomic mass is 9.76. The molecule has 3 rings (SSSR count). The van der Waals surface area contributed by atoms with Crippen LogP contribution in [0.2, 0.25) is 0 Å². The van der Waals surface area contributed by atoms with Gasteiger partial charge in [0.15, 0.2) is 5.78 Å². The van der Waals surface area contributed by atoms with E-state index in [9.17, 15) is 9.59 Å². The Bertz CT molecular complexity index is 850. The molecule has 4 heteroatoms. The lowest BCUT2D eigenvalue weighted by Gasteiger charge is -2.37. The molecule has 0 heterocycles. The summed E-state index contributed by atoms with van der Waals surface area (Å²) in [4.78, 5) is 26.5. The summed E-state index contributed by atoms with van der Waals surface area (Å²) in [6, 6.07) is 13.0. The number of hydrogen-bond acceptors (Lipinski definition) is 3. The molecule has 0 atom stereocenters. The number of amides is 1. The maximum Gasteiger partial charge on any atom is 0.252 e. The van der Waals surface area contributed by atoms with Gasteiger partial charge in [0, 0.05) is 16.7 Å². The van der Waals surface area contributed by atoms with Gasteiger partial charge in [-0.15, -0.1) is 0 Å². The van der Waals surface area contributed by atoms with Crippen molar-refractivity contribution >= 4 is 11.7 Å². The molecule has 1 aliphatic rings. The summed E-state index contributed by atoms with van der Waals surface area (Å²) < 4.78 is 5.33. The third kappa shape index (κ3) is 3.90. The normalized spacial score (nSPS) is 15.8. The highest BCUT2D eigenvalue weighted by molar-refractivity contribution is 6.07. The van der Waals surface area contributed by atoms with E-state index in [1.807, 2.05) is 44.2 Å². The number of carbonyl (C=O) groups excluding carboxylic acids is 2. The number of ketones is 1. The van der Waals surface area contributed by atoms with Gasteiger partial charge in [0.2, 0.25) is 0 Å². The standard InChI is InChI=1S/C23H27NO3/c1-16-9-7-10-18(15-16)21(25)23(13-5-4-6-14-23)24-22(26)19-11-8-12-20(27-3)17(19)2/h7-12,15H,4-6,13-14H2,1-3H3,(H,24,26). The molecule has 27 heavy (non-hydrogen) atoms. The fourth-order valence-electron chi connectivity index (χ4n) is 3.99. The number of carbonyl (C=O) groups is 2. The maximum atomic E-state index is 13.4. The van der Waals surface area contributed by atoms with Crippen LogP contribution in [-0.2, 0) is 0 Å². The number of methoxy groups -OCH3 is 1. The molecular formula is C23H27NO3. The molecule has 1 saturated carbocycles. The molecule has 0 spiro atoms. The summed E-state index contributed by atoms with van der Waals surface area (Å²) in [5.74, 6) is 0.472. The van der Waals surface area contributed by atoms with Crippen LogP contribution in [0.1, 0.15) is 63.9 Å². The van der Waals surface area contributed by atoms with E-state index in [-0.39, 0.29) is 11.7 Å². The Balaban J connectivity index is 1.94. The second-order valence-corrected chi connectivity index (χ2v) is 7.43. The highest BCUT2D eigenvalue weighted by Gasteiger charge is 2.41. The van der Waals surface area contributed by atoms with Crippen molar-refractivity contribution in [2.75, 3.05) is 7.11 Å². The number of hydrogen-bond donors (Lipinski definition) is 1. The second kappa shape index (κ2) is 7.95. The number of Topliss-reactive ketones (excluding diaryl/α,β-unsaturated/α-hetero) is 1. The molecule has 142 valence electrons. The largest absolute Gasteiger partial charge is 0.496 e. The van der Waals surface area contributed by atoms with Crippen molar-refractivity contribution in [1.82, 2.24) is 5.32 Å². The van der Waals surface area contributed by atoms with Gasteiger partial charge in [-0.05, 0) is 44.9 Å². The lowest BCUT2D eigenvalue weighted by molar-refractivity contribution is 0.0713. The Morgan fingerprint density at radius 1 is 1.00 bits per heavy atom. The van der Waals surface area contributed by atoms with Gasteiger partial charge in [-0.2, -0.15) is 0 Å². The van der Waals surface area contributed by atoms with E-state index < -0.39 is 5.54 Å². The number of aryl methyl sites for hydroxylation is 1. The first-order chi connectivity index (χ1) is 13.0. The minimum absolute atomic E-state index is 0.0137. The topological polar surface area (TPSA) is 55.4 Å². The number of ether oxygens (including phenoxy) is 1. The van der Waals surface area contributed by atoms with Crippen LogP contribution in [0.3, 0.4) is 0 Å². The minimum atomic E-state index is -0.835. The van der Waals surface area contributed by atoms with Gasteiger partial charge < -0.3 is 10.1 Å². The first-order valence-electron chi connectivity index (χ1n) is 9.54. The molecule has 1 N–H and O–H groups in total. The molecule has 1 amide bonds. The molecule has 0 bridgehead atoms. The van der Waals surface area contributed by atoms with Crippen LogP contribution in [0.5, 0.6) is 5.75 Å². The molecule has 2 aromatic carbocycles. The average Bonchev–Trinajstić information content (AvgIpc) is 2.68. The molecule has 1 aliphatic carbocycles. The highest BCUT2D eigenvalue weighted by Crippen LogP contribution is 2.32. The molecule has 0 unspecified atom stereocenters. The number of nitrogens with one attached hydrogen (secondary N) is 1. The molecule has 0 aliphatic heterocycles. The van der Waals surface area contributed by atoms with E-state index in [0.29, 0.717) is 29.7 Å². The number of benzene rings is 2. The Kier molecular flexibility index (Phi) is 5.64. The van der Waals surface area contributed by atoms with Crippen molar-refractivity contribution < 1.29 is 14.3 Å². The first-order valence-corrected chi connectivity index (χ1v) is 9.54. The number of rotatable bonds is 5. The summed E-state index contributed by atoms with van der Waals surface area (Å²) in [7, 11) is 1.59. The second-order valence-electron chi connectivity index (χ2n) is 7.43. The predicted molar refractivity (Wildman–Crippen MR) is 107 cm³/mol. The van der Waals surface area contributed by atoms with Gasteiger partial charge in [-0.1, -0.05) is 49.1 Å². The first kappa shape index (κ1) is 19.2. The monoisotopic (exact) mass is 365 g/mol. The molecule has 0 saturated heterocycles. The predicted octanol–water partition coefficient (Wildman–Crippen LogP) is 4.63. The summed E-state index contributed by atoms with van der Waals surface area (Å²) in [6.45, 7) is 3.84. The highest BCUT2D eigenvalue weighted by atomic mass is 16.5. The van der Waals surface area contributed by atoms with Crippen LogP contribution in [0, 0.1) is 13.8 Å². The van der Waals surface area contributed by atoms with Crippen LogP contribution in [0.4, 0.5) is 0 Å². The van der Waals surface area contributed by atoms with E-state index in [2.05, 4.69) is 5.32 Å². The van der Waals surface area contributed by atoms with Crippen LogP contribution >= 0.6 is 0 Å². The van der Waals surface area contributed by atoms with Crippen LogP contribution < -0.4 is 10.1 Å². The zero-order valence-electron chi connectivity index (χ0n) is 16.3. The molecule has 4 nitrogen and oxygen atoms in total. The van der Waals surface area contributed by atoms with Crippen molar-refractivity contribution in [3.8, 4) is 5.75 Å².